The Morgan fingerprint density at radius 2 is 1.95 bits per heavy atom. The lowest BCUT2D eigenvalue weighted by atomic mass is 10.1. The van der Waals surface area contributed by atoms with Crippen molar-refractivity contribution in [3.63, 3.8) is 0 Å². The smallest absolute Gasteiger partial charge is 0.244 e. The predicted molar refractivity (Wildman–Crippen MR) is 87.3 cm³/mol. The lowest BCUT2D eigenvalue weighted by Crippen LogP contribution is -2.46. The van der Waals surface area contributed by atoms with Gasteiger partial charge < -0.3 is 5.32 Å². The highest BCUT2D eigenvalue weighted by molar-refractivity contribution is 9.11. The van der Waals surface area contributed by atoms with Crippen LogP contribution in [0.4, 0.5) is 0 Å². The first-order chi connectivity index (χ1) is 9.46. The zero-order valence-corrected chi connectivity index (χ0v) is 15.3. The molecule has 4 nitrogen and oxygen atoms in total. The van der Waals surface area contributed by atoms with E-state index in [1.54, 1.807) is 22.5 Å². The number of piperidine rings is 1. The molecule has 1 aliphatic rings. The van der Waals surface area contributed by atoms with E-state index in [2.05, 4.69) is 37.2 Å². The normalized spacial score (nSPS) is 17.6. The topological polar surface area (TPSA) is 49.4 Å². The van der Waals surface area contributed by atoms with Gasteiger partial charge in [-0.15, -0.1) is 0 Å². The second kappa shape index (κ2) is 6.87. The summed E-state index contributed by atoms with van der Waals surface area (Å²) >= 11 is 6.70. The molecule has 0 unspecified atom stereocenters. The maximum absolute atomic E-state index is 12.9. The molecule has 1 aromatic rings. The Labute approximate surface area is 137 Å². The molecule has 0 radical (unpaired) electrons. The molecule has 2 rings (SSSR count). The van der Waals surface area contributed by atoms with E-state index in [1.165, 1.54) is 0 Å². The van der Waals surface area contributed by atoms with Crippen molar-refractivity contribution in [3.05, 3.63) is 27.1 Å². The van der Waals surface area contributed by atoms with Gasteiger partial charge in [-0.3, -0.25) is 0 Å². The molecule has 1 heterocycles. The number of hydrogen-bond acceptors (Lipinski definition) is 3. The molecule has 0 aliphatic carbocycles. The molecule has 0 spiro atoms. The van der Waals surface area contributed by atoms with E-state index in [0.717, 1.165) is 30.4 Å². The fraction of sp³-hybridized carbons (Fsp3) is 0.538. The summed E-state index contributed by atoms with van der Waals surface area (Å²) in [6.07, 6.45) is 1.72. The molecule has 1 aromatic carbocycles. The van der Waals surface area contributed by atoms with E-state index in [1.807, 2.05) is 6.92 Å². The van der Waals surface area contributed by atoms with Crippen molar-refractivity contribution in [3.8, 4) is 0 Å². The Morgan fingerprint density at radius 3 is 2.50 bits per heavy atom. The molecule has 1 saturated heterocycles. The Hall–Kier alpha value is 0.0500. The zero-order valence-electron chi connectivity index (χ0n) is 11.3. The van der Waals surface area contributed by atoms with Gasteiger partial charge in [-0.2, -0.15) is 4.31 Å². The monoisotopic (exact) mass is 424 g/mol. The maximum Gasteiger partial charge on any atom is 0.244 e. The number of sulfonamides is 1. The van der Waals surface area contributed by atoms with Crippen molar-refractivity contribution in [2.24, 2.45) is 0 Å². The highest BCUT2D eigenvalue weighted by Crippen LogP contribution is 2.30. The second-order valence-electron chi connectivity index (χ2n) is 4.76. The zero-order chi connectivity index (χ0) is 14.8. The van der Waals surface area contributed by atoms with Gasteiger partial charge in [0.15, 0.2) is 0 Å². The first-order valence-corrected chi connectivity index (χ1v) is 9.67. The molecular formula is C13H18Br2N2O2S. The van der Waals surface area contributed by atoms with Crippen LogP contribution in [0.1, 0.15) is 19.8 Å². The molecular weight excluding hydrogens is 408 g/mol. The van der Waals surface area contributed by atoms with Crippen LogP contribution in [0.25, 0.3) is 0 Å². The largest absolute Gasteiger partial charge is 0.317 e. The van der Waals surface area contributed by atoms with Crippen molar-refractivity contribution in [2.45, 2.75) is 30.7 Å². The lowest BCUT2D eigenvalue weighted by Gasteiger charge is -2.33. The molecule has 0 bridgehead atoms. The maximum atomic E-state index is 12.9. The van der Waals surface area contributed by atoms with Gasteiger partial charge in [-0.05, 0) is 60.1 Å². The molecule has 0 aromatic heterocycles. The van der Waals surface area contributed by atoms with Crippen LogP contribution >= 0.6 is 31.9 Å². The molecule has 7 heteroatoms. The van der Waals surface area contributed by atoms with Crippen molar-refractivity contribution >= 4 is 41.9 Å². The van der Waals surface area contributed by atoms with E-state index < -0.39 is 10.0 Å². The summed E-state index contributed by atoms with van der Waals surface area (Å²) < 4.78 is 28.8. The number of nitrogens with one attached hydrogen (secondary N) is 1. The van der Waals surface area contributed by atoms with Crippen LogP contribution in [-0.4, -0.2) is 38.4 Å². The van der Waals surface area contributed by atoms with Gasteiger partial charge in [0.2, 0.25) is 10.0 Å². The SMILES string of the molecule is CCN(C1CCNCC1)S(=O)(=O)c1ccc(Br)cc1Br. The van der Waals surface area contributed by atoms with Crippen LogP contribution in [-0.2, 0) is 10.0 Å². The summed E-state index contributed by atoms with van der Waals surface area (Å²) in [5.41, 5.74) is 0. The number of hydrogen-bond donors (Lipinski definition) is 1. The van der Waals surface area contributed by atoms with Crippen molar-refractivity contribution < 1.29 is 8.42 Å². The molecule has 0 saturated carbocycles. The van der Waals surface area contributed by atoms with Gasteiger partial charge in [-0.1, -0.05) is 22.9 Å². The van der Waals surface area contributed by atoms with Crippen LogP contribution in [0, 0.1) is 0 Å². The standard InChI is InChI=1S/C13H18Br2N2O2S/c1-2-17(11-5-7-16-8-6-11)20(18,19)13-4-3-10(14)9-12(13)15/h3-4,9,11,16H,2,5-8H2,1H3. The van der Waals surface area contributed by atoms with E-state index in [0.29, 0.717) is 15.9 Å². The molecule has 1 fully saturated rings. The Kier molecular flexibility index (Phi) is 5.64. The highest BCUT2D eigenvalue weighted by atomic mass is 79.9. The summed E-state index contributed by atoms with van der Waals surface area (Å²) in [4.78, 5) is 0.334. The fourth-order valence-electron chi connectivity index (χ4n) is 2.53. The minimum atomic E-state index is -3.46. The third-order valence-corrected chi connectivity index (χ3v) is 7.01. The number of halogens is 2. The summed E-state index contributed by atoms with van der Waals surface area (Å²) in [5, 5.41) is 3.27. The summed E-state index contributed by atoms with van der Waals surface area (Å²) in [5.74, 6) is 0. The number of benzene rings is 1. The number of rotatable bonds is 4. The molecule has 112 valence electrons. The van der Waals surface area contributed by atoms with Gasteiger partial charge in [0, 0.05) is 21.5 Å². The van der Waals surface area contributed by atoms with Gasteiger partial charge in [0.25, 0.3) is 0 Å². The van der Waals surface area contributed by atoms with Gasteiger partial charge >= 0.3 is 0 Å². The average molecular weight is 426 g/mol. The lowest BCUT2D eigenvalue weighted by molar-refractivity contribution is 0.270. The average Bonchev–Trinajstić information content (AvgIpc) is 2.40. The minimum Gasteiger partial charge on any atom is -0.317 e. The predicted octanol–water partition coefficient (Wildman–Crippen LogP) is 2.97. The van der Waals surface area contributed by atoms with Gasteiger partial charge in [-0.25, -0.2) is 8.42 Å². The molecule has 20 heavy (non-hydrogen) atoms. The molecule has 0 atom stereocenters. The third-order valence-electron chi connectivity index (χ3n) is 3.51. The van der Waals surface area contributed by atoms with E-state index in [4.69, 9.17) is 0 Å². The number of nitrogens with zero attached hydrogens (tertiary/aromatic N) is 1. The van der Waals surface area contributed by atoms with E-state index in [-0.39, 0.29) is 6.04 Å². The van der Waals surface area contributed by atoms with Gasteiger partial charge in [0.05, 0.1) is 4.90 Å². The second-order valence-corrected chi connectivity index (χ2v) is 8.39. The molecule has 1 aliphatic heterocycles. The van der Waals surface area contributed by atoms with Crippen molar-refractivity contribution in [2.75, 3.05) is 19.6 Å². The van der Waals surface area contributed by atoms with Gasteiger partial charge in [0.1, 0.15) is 0 Å². The minimum absolute atomic E-state index is 0.0850. The molecule has 1 N–H and O–H groups in total. The van der Waals surface area contributed by atoms with E-state index >= 15 is 0 Å². The van der Waals surface area contributed by atoms with Crippen LogP contribution < -0.4 is 5.32 Å². The molecule has 0 amide bonds. The first kappa shape index (κ1) is 16.4. The Balaban J connectivity index is 2.35. The summed E-state index contributed by atoms with van der Waals surface area (Å²) in [7, 11) is -3.46. The fourth-order valence-corrected chi connectivity index (χ4v) is 5.93. The van der Waals surface area contributed by atoms with Crippen molar-refractivity contribution in [1.29, 1.82) is 0 Å². The van der Waals surface area contributed by atoms with Crippen molar-refractivity contribution in [1.82, 2.24) is 9.62 Å². The highest BCUT2D eigenvalue weighted by Gasteiger charge is 2.32. The van der Waals surface area contributed by atoms with Crippen LogP contribution in [0.3, 0.4) is 0 Å². The van der Waals surface area contributed by atoms with Crippen LogP contribution in [0.5, 0.6) is 0 Å². The Morgan fingerprint density at radius 1 is 1.30 bits per heavy atom. The summed E-state index contributed by atoms with van der Waals surface area (Å²) in [6, 6.07) is 5.26. The van der Waals surface area contributed by atoms with Crippen LogP contribution in [0.2, 0.25) is 0 Å². The summed E-state index contributed by atoms with van der Waals surface area (Å²) in [6.45, 7) is 4.14. The van der Waals surface area contributed by atoms with Crippen LogP contribution in [0.15, 0.2) is 32.0 Å². The quantitative estimate of drug-likeness (QED) is 0.806. The first-order valence-electron chi connectivity index (χ1n) is 6.64. The Bertz CT molecular complexity index is 572. The third kappa shape index (κ3) is 3.44. The van der Waals surface area contributed by atoms with E-state index in [9.17, 15) is 8.42 Å².